The molecule has 0 saturated carbocycles. The number of hydrogen-bond acceptors (Lipinski definition) is 6. The van der Waals surface area contributed by atoms with E-state index in [0.717, 1.165) is 37.1 Å². The summed E-state index contributed by atoms with van der Waals surface area (Å²) in [6, 6.07) is 7.83. The van der Waals surface area contributed by atoms with Crippen molar-refractivity contribution in [3.63, 3.8) is 0 Å². The average molecular weight is 383 g/mol. The number of anilines is 2. The maximum Gasteiger partial charge on any atom is 0.264 e. The van der Waals surface area contributed by atoms with Gasteiger partial charge >= 0.3 is 0 Å². The Hall–Kier alpha value is -2.38. The lowest BCUT2D eigenvalue weighted by Gasteiger charge is -2.41. The third-order valence-electron chi connectivity index (χ3n) is 6.49. The molecule has 2 fully saturated rings. The van der Waals surface area contributed by atoms with E-state index < -0.39 is 0 Å². The maximum atomic E-state index is 13.1. The van der Waals surface area contributed by atoms with Gasteiger partial charge in [0.15, 0.2) is 0 Å². The van der Waals surface area contributed by atoms with Crippen molar-refractivity contribution in [1.82, 2.24) is 9.55 Å². The number of aromatic nitrogens is 2. The maximum absolute atomic E-state index is 13.1. The number of aryl methyl sites for hydroxylation is 1. The van der Waals surface area contributed by atoms with Crippen molar-refractivity contribution in [1.29, 1.82) is 0 Å². The lowest BCUT2D eigenvalue weighted by Crippen LogP contribution is -2.51. The molecule has 0 radical (unpaired) electrons. The highest BCUT2D eigenvalue weighted by molar-refractivity contribution is 5.74. The molecular formula is C21H29N5O2. The number of ether oxygens (including phenoxy) is 1. The highest BCUT2D eigenvalue weighted by atomic mass is 16.5. The predicted octanol–water partition coefficient (Wildman–Crippen LogP) is 1.67. The van der Waals surface area contributed by atoms with Crippen molar-refractivity contribution in [2.45, 2.75) is 38.8 Å². The minimum atomic E-state index is -0.122. The molecule has 2 aromatic rings. The fourth-order valence-electron chi connectivity index (χ4n) is 4.59. The van der Waals surface area contributed by atoms with Gasteiger partial charge in [0.25, 0.3) is 5.56 Å². The lowest BCUT2D eigenvalue weighted by molar-refractivity contribution is 0.0973. The molecule has 2 atom stereocenters. The van der Waals surface area contributed by atoms with E-state index in [1.807, 2.05) is 38.1 Å². The summed E-state index contributed by atoms with van der Waals surface area (Å²) in [5, 5.41) is 0. The third kappa shape index (κ3) is 2.99. The topological polar surface area (TPSA) is 99.4 Å². The fourth-order valence-corrected chi connectivity index (χ4v) is 4.59. The van der Waals surface area contributed by atoms with Gasteiger partial charge in [-0.1, -0.05) is 29.8 Å². The van der Waals surface area contributed by atoms with Crippen molar-refractivity contribution in [2.75, 3.05) is 30.3 Å². The van der Waals surface area contributed by atoms with Crippen LogP contribution in [0.15, 0.2) is 29.1 Å². The van der Waals surface area contributed by atoms with Crippen LogP contribution in [-0.4, -0.2) is 41.4 Å². The summed E-state index contributed by atoms with van der Waals surface area (Å²) < 4.78 is 7.41. The zero-order valence-corrected chi connectivity index (χ0v) is 16.8. The van der Waals surface area contributed by atoms with E-state index in [0.29, 0.717) is 18.1 Å². The molecule has 2 aliphatic heterocycles. The second kappa shape index (κ2) is 6.90. The lowest BCUT2D eigenvalue weighted by atomic mass is 9.73. The molecule has 1 aromatic heterocycles. The Balaban J connectivity index is 1.63. The van der Waals surface area contributed by atoms with Crippen molar-refractivity contribution >= 4 is 11.8 Å². The third-order valence-corrected chi connectivity index (χ3v) is 6.49. The SMILES string of the molecule is Cc1cccc(-c2c(N)nc(N3CCC4(CC3)CO[C@@H](C)[C@H]4N)n(C)c2=O)c1. The highest BCUT2D eigenvalue weighted by Crippen LogP contribution is 2.41. The first-order chi connectivity index (χ1) is 13.3. The van der Waals surface area contributed by atoms with E-state index in [-0.39, 0.29) is 28.9 Å². The van der Waals surface area contributed by atoms with Crippen LogP contribution in [0.3, 0.4) is 0 Å². The minimum Gasteiger partial charge on any atom is -0.383 e. The summed E-state index contributed by atoms with van der Waals surface area (Å²) in [7, 11) is 1.76. The predicted molar refractivity (Wildman–Crippen MR) is 111 cm³/mol. The van der Waals surface area contributed by atoms with Crippen LogP contribution >= 0.6 is 0 Å². The van der Waals surface area contributed by atoms with Gasteiger partial charge in [0.1, 0.15) is 5.82 Å². The van der Waals surface area contributed by atoms with Crippen LogP contribution in [0.4, 0.5) is 11.8 Å². The summed E-state index contributed by atoms with van der Waals surface area (Å²) in [6.07, 6.45) is 1.94. The normalized spacial score (nSPS) is 24.1. The molecule has 1 aromatic carbocycles. The largest absolute Gasteiger partial charge is 0.383 e. The minimum absolute atomic E-state index is 0.0296. The molecule has 0 unspecified atom stereocenters. The Bertz CT molecular complexity index is 946. The smallest absolute Gasteiger partial charge is 0.264 e. The Morgan fingerprint density at radius 2 is 2.00 bits per heavy atom. The zero-order chi connectivity index (χ0) is 20.1. The van der Waals surface area contributed by atoms with E-state index in [2.05, 4.69) is 9.88 Å². The highest BCUT2D eigenvalue weighted by Gasteiger charge is 2.47. The van der Waals surface area contributed by atoms with E-state index in [4.69, 9.17) is 16.2 Å². The van der Waals surface area contributed by atoms with Crippen LogP contribution in [0.1, 0.15) is 25.3 Å². The molecule has 0 aliphatic carbocycles. The monoisotopic (exact) mass is 383 g/mol. The van der Waals surface area contributed by atoms with Gasteiger partial charge in [-0.05, 0) is 32.3 Å². The Kier molecular flexibility index (Phi) is 4.67. The van der Waals surface area contributed by atoms with Gasteiger partial charge < -0.3 is 21.1 Å². The molecule has 0 bridgehead atoms. The zero-order valence-electron chi connectivity index (χ0n) is 16.8. The van der Waals surface area contributed by atoms with E-state index in [1.54, 1.807) is 11.6 Å². The molecular weight excluding hydrogens is 354 g/mol. The van der Waals surface area contributed by atoms with Crippen molar-refractivity contribution in [3.8, 4) is 11.1 Å². The van der Waals surface area contributed by atoms with Gasteiger partial charge in [0.05, 0.1) is 18.3 Å². The van der Waals surface area contributed by atoms with Crippen LogP contribution in [0.2, 0.25) is 0 Å². The van der Waals surface area contributed by atoms with Crippen LogP contribution in [0, 0.1) is 12.3 Å². The summed E-state index contributed by atoms with van der Waals surface area (Å²) in [4.78, 5) is 19.8. The van der Waals surface area contributed by atoms with E-state index in [9.17, 15) is 4.79 Å². The van der Waals surface area contributed by atoms with Crippen LogP contribution in [-0.2, 0) is 11.8 Å². The second-order valence-corrected chi connectivity index (χ2v) is 8.30. The van der Waals surface area contributed by atoms with Gasteiger partial charge in [0, 0.05) is 31.6 Å². The number of rotatable bonds is 2. The molecule has 7 nitrogen and oxygen atoms in total. The average Bonchev–Trinajstić information content (AvgIpc) is 2.94. The molecule has 1 spiro atoms. The number of piperidine rings is 1. The quantitative estimate of drug-likeness (QED) is 0.818. The molecule has 4 N–H and O–H groups in total. The molecule has 2 saturated heterocycles. The molecule has 2 aliphatic rings. The molecule has 7 heteroatoms. The molecule has 150 valence electrons. The standard InChI is InChI=1S/C21H29N5O2/c1-13-5-4-6-15(11-13)16-18(23)24-20(25(3)19(16)27)26-9-7-21(8-10-26)12-28-14(2)17(21)22/h4-6,11,14,17H,7-10,12,22-23H2,1-3H3/t14-,17+/m0/s1. The first-order valence-electron chi connectivity index (χ1n) is 9.88. The van der Waals surface area contributed by atoms with Gasteiger partial charge in [-0.15, -0.1) is 0 Å². The van der Waals surface area contributed by atoms with E-state index >= 15 is 0 Å². The van der Waals surface area contributed by atoms with Crippen molar-refractivity contribution < 1.29 is 4.74 Å². The van der Waals surface area contributed by atoms with Crippen LogP contribution in [0.5, 0.6) is 0 Å². The number of nitrogens with zero attached hydrogens (tertiary/aromatic N) is 3. The summed E-state index contributed by atoms with van der Waals surface area (Å²) in [5.41, 5.74) is 14.9. The number of hydrogen-bond donors (Lipinski definition) is 2. The first kappa shape index (κ1) is 19.0. The van der Waals surface area contributed by atoms with Gasteiger partial charge in [-0.2, -0.15) is 4.98 Å². The fraction of sp³-hybridized carbons (Fsp3) is 0.524. The Morgan fingerprint density at radius 1 is 1.29 bits per heavy atom. The van der Waals surface area contributed by atoms with Gasteiger partial charge in [-0.3, -0.25) is 9.36 Å². The van der Waals surface area contributed by atoms with Crippen molar-refractivity contribution in [2.24, 2.45) is 18.2 Å². The second-order valence-electron chi connectivity index (χ2n) is 8.30. The Labute approximate surface area is 165 Å². The van der Waals surface area contributed by atoms with E-state index in [1.165, 1.54) is 0 Å². The summed E-state index contributed by atoms with van der Waals surface area (Å²) in [6.45, 7) is 6.32. The first-order valence-corrected chi connectivity index (χ1v) is 9.88. The molecule has 28 heavy (non-hydrogen) atoms. The van der Waals surface area contributed by atoms with Crippen LogP contribution < -0.4 is 21.9 Å². The summed E-state index contributed by atoms with van der Waals surface area (Å²) >= 11 is 0. The van der Waals surface area contributed by atoms with Gasteiger partial charge in [0.2, 0.25) is 5.95 Å². The molecule has 4 rings (SSSR count). The number of nitrogen functional groups attached to an aromatic ring is 1. The van der Waals surface area contributed by atoms with Crippen LogP contribution in [0.25, 0.3) is 11.1 Å². The van der Waals surface area contributed by atoms with Gasteiger partial charge in [-0.25, -0.2) is 0 Å². The molecule has 0 amide bonds. The number of benzene rings is 1. The molecule has 3 heterocycles. The number of nitrogens with two attached hydrogens (primary N) is 2. The Morgan fingerprint density at radius 3 is 2.61 bits per heavy atom. The summed E-state index contributed by atoms with van der Waals surface area (Å²) in [5.74, 6) is 0.896. The van der Waals surface area contributed by atoms with Crippen molar-refractivity contribution in [3.05, 3.63) is 40.2 Å².